The molecule has 1 aliphatic rings. The summed E-state index contributed by atoms with van der Waals surface area (Å²) in [6.45, 7) is 1.03. The molecule has 0 saturated carbocycles. The Balaban J connectivity index is 2.03. The molecule has 0 aromatic heterocycles. The van der Waals surface area contributed by atoms with Gasteiger partial charge in [-0.1, -0.05) is 0 Å². The Labute approximate surface area is 42.1 Å². The van der Waals surface area contributed by atoms with Gasteiger partial charge in [-0.05, 0) is 6.42 Å². The van der Waals surface area contributed by atoms with Crippen molar-refractivity contribution in [2.75, 3.05) is 6.54 Å². The van der Waals surface area contributed by atoms with Crippen LogP contribution in [-0.2, 0) is 4.79 Å². The van der Waals surface area contributed by atoms with Gasteiger partial charge in [0.1, 0.15) is 0 Å². The molecule has 0 aromatic rings. The molecule has 1 amide bonds. The largest absolute Gasteiger partial charge is 0.343 e. The van der Waals surface area contributed by atoms with E-state index in [2.05, 4.69) is 10.6 Å². The van der Waals surface area contributed by atoms with Crippen LogP contribution in [0, 0.1) is 0 Å². The first-order chi connectivity index (χ1) is 3.43. The van der Waals surface area contributed by atoms with Crippen LogP contribution in [0.3, 0.4) is 0 Å². The third-order valence-electron chi connectivity index (χ3n) is 1.09. The zero-order valence-corrected chi connectivity index (χ0v) is 3.98. The minimum atomic E-state index is 0.262. The van der Waals surface area contributed by atoms with Crippen LogP contribution < -0.4 is 10.6 Å². The van der Waals surface area contributed by atoms with Crippen molar-refractivity contribution in [3.63, 3.8) is 0 Å². The first kappa shape index (κ1) is 4.59. The van der Waals surface area contributed by atoms with Gasteiger partial charge in [0.15, 0.2) is 0 Å². The Bertz CT molecular complexity index is 70.1. The third kappa shape index (κ3) is 0.899. The predicted molar refractivity (Wildman–Crippen MR) is 25.6 cm³/mol. The van der Waals surface area contributed by atoms with Gasteiger partial charge in [0.05, 0.1) is 6.17 Å². The highest BCUT2D eigenvalue weighted by Gasteiger charge is 2.13. The molecule has 1 rings (SSSR count). The van der Waals surface area contributed by atoms with E-state index in [1.807, 2.05) is 0 Å². The van der Waals surface area contributed by atoms with Crippen molar-refractivity contribution in [2.24, 2.45) is 0 Å². The fraction of sp³-hybridized carbons (Fsp3) is 0.750. The second-order valence-electron chi connectivity index (χ2n) is 1.58. The Kier molecular flexibility index (Phi) is 1.26. The molecule has 1 saturated heterocycles. The molecule has 0 aromatic carbocycles. The molecule has 3 nitrogen and oxygen atoms in total. The Hall–Kier alpha value is -0.570. The van der Waals surface area contributed by atoms with E-state index in [1.165, 1.54) is 0 Å². The molecule has 1 heterocycles. The normalized spacial score (nSPS) is 28.3. The second kappa shape index (κ2) is 1.93. The quantitative estimate of drug-likeness (QED) is 0.439. The SMILES string of the molecule is O=CNC1CCN1. The molecule has 3 heteroatoms. The molecular weight excluding hydrogens is 92.1 g/mol. The van der Waals surface area contributed by atoms with Crippen molar-refractivity contribution in [1.82, 2.24) is 10.6 Å². The van der Waals surface area contributed by atoms with Gasteiger partial charge in [-0.15, -0.1) is 0 Å². The summed E-state index contributed by atoms with van der Waals surface area (Å²) < 4.78 is 0. The molecule has 1 atom stereocenters. The topological polar surface area (TPSA) is 41.1 Å². The maximum absolute atomic E-state index is 9.66. The predicted octanol–water partition coefficient (Wildman–Crippen LogP) is -0.948. The van der Waals surface area contributed by atoms with E-state index in [0.717, 1.165) is 19.4 Å². The van der Waals surface area contributed by atoms with Gasteiger partial charge < -0.3 is 5.32 Å². The average Bonchev–Trinajstić information content (AvgIpc) is 1.55. The van der Waals surface area contributed by atoms with Gasteiger partial charge in [0.25, 0.3) is 0 Å². The van der Waals surface area contributed by atoms with E-state index < -0.39 is 0 Å². The summed E-state index contributed by atoms with van der Waals surface area (Å²) in [5.41, 5.74) is 0. The Morgan fingerprint density at radius 3 is 2.71 bits per heavy atom. The molecular formula is C4H8N2O. The highest BCUT2D eigenvalue weighted by molar-refractivity contribution is 5.46. The highest BCUT2D eigenvalue weighted by atomic mass is 16.1. The van der Waals surface area contributed by atoms with Gasteiger partial charge in [0, 0.05) is 6.54 Å². The summed E-state index contributed by atoms with van der Waals surface area (Å²) in [6.07, 6.45) is 2.05. The smallest absolute Gasteiger partial charge is 0.208 e. The molecule has 7 heavy (non-hydrogen) atoms. The van der Waals surface area contributed by atoms with Gasteiger partial charge in [0.2, 0.25) is 6.41 Å². The molecule has 2 N–H and O–H groups in total. The van der Waals surface area contributed by atoms with Crippen LogP contribution >= 0.6 is 0 Å². The monoisotopic (exact) mass is 100 g/mol. The van der Waals surface area contributed by atoms with Crippen molar-refractivity contribution in [3.05, 3.63) is 0 Å². The molecule has 1 aliphatic heterocycles. The van der Waals surface area contributed by atoms with Crippen molar-refractivity contribution < 1.29 is 4.79 Å². The van der Waals surface area contributed by atoms with Crippen LogP contribution in [0.2, 0.25) is 0 Å². The fourth-order valence-electron chi connectivity index (χ4n) is 0.513. The fourth-order valence-corrected chi connectivity index (χ4v) is 0.513. The lowest BCUT2D eigenvalue weighted by Crippen LogP contribution is -2.52. The van der Waals surface area contributed by atoms with E-state index in [4.69, 9.17) is 0 Å². The van der Waals surface area contributed by atoms with E-state index in [-0.39, 0.29) is 6.17 Å². The van der Waals surface area contributed by atoms with Gasteiger partial charge in [-0.3, -0.25) is 10.1 Å². The van der Waals surface area contributed by atoms with E-state index in [9.17, 15) is 4.79 Å². The number of nitrogens with one attached hydrogen (secondary N) is 2. The standard InChI is InChI=1S/C4H8N2O/c7-3-6-4-1-2-5-4/h3-5H,1-2H2,(H,6,7). The highest BCUT2D eigenvalue weighted by Crippen LogP contribution is 1.94. The van der Waals surface area contributed by atoms with E-state index >= 15 is 0 Å². The lowest BCUT2D eigenvalue weighted by atomic mass is 10.2. The average molecular weight is 100 g/mol. The number of carbonyl (C=O) groups is 1. The lowest BCUT2D eigenvalue weighted by Gasteiger charge is -2.26. The van der Waals surface area contributed by atoms with Crippen LogP contribution in [-0.4, -0.2) is 19.1 Å². The lowest BCUT2D eigenvalue weighted by molar-refractivity contribution is -0.110. The van der Waals surface area contributed by atoms with Gasteiger partial charge >= 0.3 is 0 Å². The summed E-state index contributed by atoms with van der Waals surface area (Å²) in [5.74, 6) is 0. The number of hydrogen-bond donors (Lipinski definition) is 2. The summed E-state index contributed by atoms with van der Waals surface area (Å²) >= 11 is 0. The van der Waals surface area contributed by atoms with Gasteiger partial charge in [-0.25, -0.2) is 0 Å². The molecule has 0 radical (unpaired) electrons. The molecule has 0 spiro atoms. The van der Waals surface area contributed by atoms with Crippen molar-refractivity contribution >= 4 is 6.41 Å². The van der Waals surface area contributed by atoms with Crippen LogP contribution in [0.5, 0.6) is 0 Å². The number of hydrogen-bond acceptors (Lipinski definition) is 2. The Morgan fingerprint density at radius 2 is 2.57 bits per heavy atom. The number of carbonyl (C=O) groups excluding carboxylic acids is 1. The molecule has 1 fully saturated rings. The van der Waals surface area contributed by atoms with Crippen LogP contribution in [0.4, 0.5) is 0 Å². The maximum atomic E-state index is 9.66. The summed E-state index contributed by atoms with van der Waals surface area (Å²) in [6, 6.07) is 0. The van der Waals surface area contributed by atoms with Crippen molar-refractivity contribution in [2.45, 2.75) is 12.6 Å². The van der Waals surface area contributed by atoms with Crippen molar-refractivity contribution in [1.29, 1.82) is 0 Å². The number of rotatable bonds is 2. The molecule has 0 aliphatic carbocycles. The first-order valence-electron chi connectivity index (χ1n) is 2.36. The number of amides is 1. The second-order valence-corrected chi connectivity index (χ2v) is 1.58. The molecule has 0 bridgehead atoms. The zero-order valence-electron chi connectivity index (χ0n) is 3.98. The van der Waals surface area contributed by atoms with Crippen LogP contribution in [0.1, 0.15) is 6.42 Å². The summed E-state index contributed by atoms with van der Waals surface area (Å²) in [4.78, 5) is 9.66. The molecule has 1 unspecified atom stereocenters. The Morgan fingerprint density at radius 1 is 1.86 bits per heavy atom. The molecule has 40 valence electrons. The summed E-state index contributed by atoms with van der Waals surface area (Å²) in [5, 5.41) is 5.59. The van der Waals surface area contributed by atoms with Crippen LogP contribution in [0.15, 0.2) is 0 Å². The van der Waals surface area contributed by atoms with E-state index in [0.29, 0.717) is 0 Å². The maximum Gasteiger partial charge on any atom is 0.208 e. The minimum absolute atomic E-state index is 0.262. The minimum Gasteiger partial charge on any atom is -0.343 e. The van der Waals surface area contributed by atoms with Crippen LogP contribution in [0.25, 0.3) is 0 Å². The van der Waals surface area contributed by atoms with E-state index in [1.54, 1.807) is 0 Å². The first-order valence-corrected chi connectivity index (χ1v) is 2.36. The van der Waals surface area contributed by atoms with Gasteiger partial charge in [-0.2, -0.15) is 0 Å². The van der Waals surface area contributed by atoms with Crippen molar-refractivity contribution in [3.8, 4) is 0 Å². The summed E-state index contributed by atoms with van der Waals surface area (Å²) in [7, 11) is 0. The zero-order chi connectivity index (χ0) is 5.11. The third-order valence-corrected chi connectivity index (χ3v) is 1.09.